The van der Waals surface area contributed by atoms with Crippen LogP contribution in [0, 0.1) is 0 Å². The average Bonchev–Trinajstić information content (AvgIpc) is 3.29. The molecule has 1 N–H and O–H groups in total. The number of carbonyl (C=O) groups excluding carboxylic acids is 1. The molecule has 9 heteroatoms. The second kappa shape index (κ2) is 11.9. The maximum absolute atomic E-state index is 11.7. The predicted octanol–water partition coefficient (Wildman–Crippen LogP) is 5.24. The molecule has 0 atom stereocenters. The zero-order chi connectivity index (χ0) is 26.2. The Morgan fingerprint density at radius 2 is 1.65 bits per heavy atom. The Bertz CT molecular complexity index is 1360. The summed E-state index contributed by atoms with van der Waals surface area (Å²) in [6.45, 7) is 2.32. The summed E-state index contributed by atoms with van der Waals surface area (Å²) in [7, 11) is 1.59. The number of aromatic nitrogens is 3. The summed E-state index contributed by atoms with van der Waals surface area (Å²) in [5.74, 6) is 0.844. The van der Waals surface area contributed by atoms with Crippen molar-refractivity contribution in [1.29, 1.82) is 0 Å². The lowest BCUT2D eigenvalue weighted by Gasteiger charge is -2.11. The van der Waals surface area contributed by atoms with Crippen molar-refractivity contribution >= 4 is 11.8 Å². The van der Waals surface area contributed by atoms with Crippen LogP contribution < -0.4 is 14.2 Å². The highest BCUT2D eigenvalue weighted by Gasteiger charge is 2.22. The fourth-order valence-corrected chi connectivity index (χ4v) is 3.65. The number of carbonyl (C=O) groups is 2. The third-order valence-corrected chi connectivity index (χ3v) is 5.56. The van der Waals surface area contributed by atoms with Gasteiger partial charge in [-0.15, -0.1) is 5.10 Å². The molecule has 190 valence electrons. The van der Waals surface area contributed by atoms with Gasteiger partial charge in [-0.3, -0.25) is 0 Å². The fourth-order valence-electron chi connectivity index (χ4n) is 3.65. The number of nitrogens with zero attached hydrogens (tertiary/aromatic N) is 3. The molecular weight excluding hydrogens is 474 g/mol. The summed E-state index contributed by atoms with van der Waals surface area (Å²) in [6.07, 6.45) is 1.17. The average molecular weight is 502 g/mol. The van der Waals surface area contributed by atoms with Crippen molar-refractivity contribution in [1.82, 2.24) is 15.0 Å². The van der Waals surface area contributed by atoms with Crippen LogP contribution in [-0.2, 0) is 11.3 Å². The molecule has 3 aromatic carbocycles. The SMILES string of the molecule is COc1ccc(Cn2nnc(C(=O)O)c2Oc2ccc(-c3cccc(OCCCC(C)=O)c3)cc2)cc1. The van der Waals surface area contributed by atoms with E-state index < -0.39 is 5.97 Å². The van der Waals surface area contributed by atoms with Crippen LogP contribution in [0.2, 0.25) is 0 Å². The van der Waals surface area contributed by atoms with Crippen molar-refractivity contribution < 1.29 is 28.9 Å². The first-order chi connectivity index (χ1) is 17.9. The van der Waals surface area contributed by atoms with Crippen LogP contribution >= 0.6 is 0 Å². The summed E-state index contributed by atoms with van der Waals surface area (Å²) in [5.41, 5.74) is 2.50. The van der Waals surface area contributed by atoms with Crippen molar-refractivity contribution in [2.45, 2.75) is 26.3 Å². The lowest BCUT2D eigenvalue weighted by Crippen LogP contribution is -2.06. The number of hydrogen-bond donors (Lipinski definition) is 1. The van der Waals surface area contributed by atoms with Gasteiger partial charge in [0, 0.05) is 6.42 Å². The molecule has 0 radical (unpaired) electrons. The third kappa shape index (κ3) is 6.72. The quantitative estimate of drug-likeness (QED) is 0.262. The molecule has 0 aliphatic rings. The highest BCUT2D eigenvalue weighted by Crippen LogP contribution is 2.29. The maximum atomic E-state index is 11.7. The van der Waals surface area contributed by atoms with E-state index in [4.69, 9.17) is 14.2 Å². The number of aromatic carboxylic acids is 1. The number of Topliss-reactive ketones (excluding diaryl/α,β-unsaturated/α-hetero) is 1. The number of rotatable bonds is 12. The molecule has 0 saturated heterocycles. The van der Waals surface area contributed by atoms with Gasteiger partial charge in [-0.25, -0.2) is 9.48 Å². The van der Waals surface area contributed by atoms with Crippen LogP contribution in [-0.4, -0.2) is 45.6 Å². The van der Waals surface area contributed by atoms with Crippen molar-refractivity contribution in [2.24, 2.45) is 0 Å². The van der Waals surface area contributed by atoms with Crippen molar-refractivity contribution in [3.05, 3.63) is 84.1 Å². The topological polar surface area (TPSA) is 113 Å². The van der Waals surface area contributed by atoms with E-state index >= 15 is 0 Å². The molecule has 0 amide bonds. The standard InChI is InChI=1S/C28H27N3O6/c1-19(32)5-4-16-36-25-7-3-6-22(17-25)21-10-14-24(15-11-21)37-27-26(28(33)34)29-30-31(27)18-20-8-12-23(35-2)13-9-20/h3,6-15,17H,4-5,16,18H2,1-2H3,(H,33,34). The van der Waals surface area contributed by atoms with Gasteiger partial charge in [0.15, 0.2) is 0 Å². The zero-order valence-corrected chi connectivity index (χ0v) is 20.6. The van der Waals surface area contributed by atoms with E-state index in [-0.39, 0.29) is 23.9 Å². The van der Waals surface area contributed by atoms with Crippen LogP contribution in [0.3, 0.4) is 0 Å². The highest BCUT2D eigenvalue weighted by atomic mass is 16.5. The van der Waals surface area contributed by atoms with Gasteiger partial charge in [0.25, 0.3) is 5.88 Å². The van der Waals surface area contributed by atoms with Gasteiger partial charge in [0.2, 0.25) is 5.69 Å². The van der Waals surface area contributed by atoms with Crippen molar-refractivity contribution in [3.63, 3.8) is 0 Å². The van der Waals surface area contributed by atoms with Crippen LogP contribution in [0.25, 0.3) is 11.1 Å². The molecule has 4 rings (SSSR count). The van der Waals surface area contributed by atoms with Crippen LogP contribution in [0.5, 0.6) is 23.1 Å². The molecule has 37 heavy (non-hydrogen) atoms. The van der Waals surface area contributed by atoms with Gasteiger partial charge in [-0.1, -0.05) is 41.6 Å². The number of ketones is 1. The number of carboxylic acids is 1. The normalized spacial score (nSPS) is 10.6. The van der Waals surface area contributed by atoms with E-state index in [1.54, 1.807) is 26.2 Å². The van der Waals surface area contributed by atoms with Crippen LogP contribution in [0.1, 0.15) is 35.8 Å². The molecule has 0 aliphatic carbocycles. The minimum atomic E-state index is -1.23. The van der Waals surface area contributed by atoms with Gasteiger partial charge < -0.3 is 24.1 Å². The fraction of sp³-hybridized carbons (Fsp3) is 0.214. The zero-order valence-electron chi connectivity index (χ0n) is 20.6. The third-order valence-electron chi connectivity index (χ3n) is 5.56. The first kappa shape index (κ1) is 25.4. The molecule has 1 aromatic heterocycles. The molecule has 9 nitrogen and oxygen atoms in total. The molecule has 4 aromatic rings. The van der Waals surface area contributed by atoms with Gasteiger partial charge in [0.05, 0.1) is 20.3 Å². The summed E-state index contributed by atoms with van der Waals surface area (Å²) >= 11 is 0. The Morgan fingerprint density at radius 1 is 0.919 bits per heavy atom. The molecule has 1 heterocycles. The number of hydrogen-bond acceptors (Lipinski definition) is 7. The minimum absolute atomic E-state index is 0.0389. The van der Waals surface area contributed by atoms with E-state index in [0.717, 1.165) is 28.2 Å². The largest absolute Gasteiger partial charge is 0.497 e. The van der Waals surface area contributed by atoms with Crippen molar-refractivity contribution in [2.75, 3.05) is 13.7 Å². The molecule has 0 unspecified atom stereocenters. The summed E-state index contributed by atoms with van der Waals surface area (Å²) in [5, 5.41) is 17.3. The van der Waals surface area contributed by atoms with E-state index in [9.17, 15) is 14.7 Å². The summed E-state index contributed by atoms with van der Waals surface area (Å²) < 4.78 is 18.3. The van der Waals surface area contributed by atoms with Gasteiger partial charge >= 0.3 is 5.97 Å². The van der Waals surface area contributed by atoms with E-state index in [1.165, 1.54) is 4.68 Å². The first-order valence-corrected chi connectivity index (χ1v) is 11.7. The Labute approximate surface area is 214 Å². The van der Waals surface area contributed by atoms with Gasteiger partial charge in [0.1, 0.15) is 23.0 Å². The predicted molar refractivity (Wildman–Crippen MR) is 136 cm³/mol. The molecule has 0 bridgehead atoms. The molecule has 0 saturated carbocycles. The second-order valence-corrected chi connectivity index (χ2v) is 8.36. The smallest absolute Gasteiger partial charge is 0.362 e. The van der Waals surface area contributed by atoms with Crippen LogP contribution in [0.15, 0.2) is 72.8 Å². The molecular formula is C28H27N3O6. The lowest BCUT2D eigenvalue weighted by molar-refractivity contribution is -0.117. The molecule has 0 fully saturated rings. The monoisotopic (exact) mass is 501 g/mol. The van der Waals surface area contributed by atoms with Crippen LogP contribution in [0.4, 0.5) is 0 Å². The van der Waals surface area contributed by atoms with Gasteiger partial charge in [-0.2, -0.15) is 0 Å². The van der Waals surface area contributed by atoms with E-state index in [1.807, 2.05) is 60.7 Å². The number of ether oxygens (including phenoxy) is 3. The van der Waals surface area contributed by atoms with E-state index in [2.05, 4.69) is 10.3 Å². The Balaban J connectivity index is 1.48. The minimum Gasteiger partial charge on any atom is -0.497 e. The maximum Gasteiger partial charge on any atom is 0.362 e. The number of methoxy groups -OCH3 is 1. The Hall–Kier alpha value is -4.66. The second-order valence-electron chi connectivity index (χ2n) is 8.36. The lowest BCUT2D eigenvalue weighted by atomic mass is 10.1. The number of carboxylic acid groups (broad SMARTS) is 1. The van der Waals surface area contributed by atoms with Crippen molar-refractivity contribution in [3.8, 4) is 34.3 Å². The Morgan fingerprint density at radius 3 is 2.32 bits per heavy atom. The Kier molecular flexibility index (Phi) is 8.15. The van der Waals surface area contributed by atoms with Gasteiger partial charge in [-0.05, 0) is 66.4 Å². The summed E-state index contributed by atoms with van der Waals surface area (Å²) in [4.78, 5) is 22.8. The first-order valence-electron chi connectivity index (χ1n) is 11.7. The number of benzene rings is 3. The highest BCUT2D eigenvalue weighted by molar-refractivity contribution is 5.87. The molecule has 0 spiro atoms. The summed E-state index contributed by atoms with van der Waals surface area (Å²) in [6, 6.07) is 22.3. The van der Waals surface area contributed by atoms with E-state index in [0.29, 0.717) is 25.2 Å². The molecule has 0 aliphatic heterocycles.